The second kappa shape index (κ2) is 8.58. The first-order valence-electron chi connectivity index (χ1n) is 8.64. The molecule has 1 heterocycles. The lowest BCUT2D eigenvalue weighted by molar-refractivity contribution is 0.102. The van der Waals surface area contributed by atoms with Crippen LogP contribution in [0.2, 0.25) is 5.02 Å². The van der Waals surface area contributed by atoms with Crippen LogP contribution in [-0.4, -0.2) is 30.1 Å². The summed E-state index contributed by atoms with van der Waals surface area (Å²) in [6.07, 6.45) is 0.502. The molecule has 0 radical (unpaired) electrons. The van der Waals surface area contributed by atoms with Crippen LogP contribution in [-0.2, 0) is 16.4 Å². The van der Waals surface area contributed by atoms with E-state index in [0.29, 0.717) is 6.42 Å². The lowest BCUT2D eigenvalue weighted by Crippen LogP contribution is -2.44. The van der Waals surface area contributed by atoms with Gasteiger partial charge in [-0.2, -0.15) is 0 Å². The fraction of sp³-hybridized carbons (Fsp3) is 0.211. The molecule has 3 rings (SSSR count). The van der Waals surface area contributed by atoms with Gasteiger partial charge in [0, 0.05) is 5.54 Å². The Hall–Kier alpha value is -2.33. The van der Waals surface area contributed by atoms with E-state index in [1.165, 1.54) is 0 Å². The van der Waals surface area contributed by atoms with Crippen LogP contribution in [0.15, 0.2) is 58.9 Å². The highest BCUT2D eigenvalue weighted by Crippen LogP contribution is 2.24. The maximum Gasteiger partial charge on any atom is 0.270 e. The van der Waals surface area contributed by atoms with Crippen LogP contribution in [0.5, 0.6) is 0 Å². The molecule has 1 aromatic heterocycles. The van der Waals surface area contributed by atoms with Crippen LogP contribution in [0.25, 0.3) is 0 Å². The van der Waals surface area contributed by atoms with Crippen molar-refractivity contribution in [3.63, 3.8) is 0 Å². The second-order valence-corrected chi connectivity index (χ2v) is 10.2. The fourth-order valence-electron chi connectivity index (χ4n) is 2.73. The standard InChI is InChI=1S/C19H19ClN4O3S2/c1-19(2,12-13-8-4-3-5-9-13)24-29(26,27)18-23-22-17(28-18)21-16(25)14-10-6-7-11-15(14)20/h3-11,24H,12H2,1-2H3,(H,21,22,25). The number of hydrogen-bond acceptors (Lipinski definition) is 6. The van der Waals surface area contributed by atoms with E-state index in [1.54, 1.807) is 38.1 Å². The highest BCUT2D eigenvalue weighted by atomic mass is 35.5. The van der Waals surface area contributed by atoms with Crippen molar-refractivity contribution in [3.8, 4) is 0 Å². The van der Waals surface area contributed by atoms with Crippen LogP contribution in [0.1, 0.15) is 29.8 Å². The van der Waals surface area contributed by atoms with Crippen molar-refractivity contribution in [2.75, 3.05) is 5.32 Å². The minimum absolute atomic E-state index is 0.0659. The number of carbonyl (C=O) groups is 1. The maximum absolute atomic E-state index is 12.7. The summed E-state index contributed by atoms with van der Waals surface area (Å²) in [7, 11) is -3.91. The monoisotopic (exact) mass is 450 g/mol. The molecule has 0 bridgehead atoms. The summed E-state index contributed by atoms with van der Waals surface area (Å²) in [6.45, 7) is 3.58. The van der Waals surface area contributed by atoms with E-state index in [1.807, 2.05) is 30.3 Å². The molecule has 7 nitrogen and oxygen atoms in total. The average molecular weight is 451 g/mol. The Balaban J connectivity index is 1.71. The zero-order valence-corrected chi connectivity index (χ0v) is 18.1. The zero-order valence-electron chi connectivity index (χ0n) is 15.7. The molecule has 0 aliphatic heterocycles. The first kappa shape index (κ1) is 21.4. The largest absolute Gasteiger partial charge is 0.296 e. The van der Waals surface area contributed by atoms with Crippen LogP contribution < -0.4 is 10.0 Å². The number of nitrogens with one attached hydrogen (secondary N) is 2. The molecule has 2 N–H and O–H groups in total. The Morgan fingerprint density at radius 2 is 1.72 bits per heavy atom. The van der Waals surface area contributed by atoms with E-state index in [2.05, 4.69) is 20.2 Å². The van der Waals surface area contributed by atoms with Gasteiger partial charge in [-0.3, -0.25) is 10.1 Å². The first-order valence-corrected chi connectivity index (χ1v) is 11.3. The van der Waals surface area contributed by atoms with E-state index < -0.39 is 21.5 Å². The Labute approximate surface area is 178 Å². The van der Waals surface area contributed by atoms with E-state index >= 15 is 0 Å². The Kier molecular flexibility index (Phi) is 6.33. The van der Waals surface area contributed by atoms with Gasteiger partial charge in [0.1, 0.15) is 0 Å². The van der Waals surface area contributed by atoms with Crippen LogP contribution >= 0.6 is 22.9 Å². The smallest absolute Gasteiger partial charge is 0.270 e. The van der Waals surface area contributed by atoms with Gasteiger partial charge in [0.25, 0.3) is 15.9 Å². The van der Waals surface area contributed by atoms with Gasteiger partial charge in [0.2, 0.25) is 9.47 Å². The number of anilines is 1. The summed E-state index contributed by atoms with van der Waals surface area (Å²) in [6, 6.07) is 16.1. The molecule has 0 aliphatic carbocycles. The Morgan fingerprint density at radius 3 is 2.41 bits per heavy atom. The maximum atomic E-state index is 12.7. The van der Waals surface area contributed by atoms with E-state index in [-0.39, 0.29) is 20.1 Å². The molecule has 1 amide bonds. The molecule has 2 aromatic carbocycles. The summed E-state index contributed by atoms with van der Waals surface area (Å²) in [5.41, 5.74) is 0.522. The number of sulfonamides is 1. The molecule has 10 heteroatoms. The quantitative estimate of drug-likeness (QED) is 0.534. The van der Waals surface area contributed by atoms with Crippen molar-refractivity contribution in [2.45, 2.75) is 30.1 Å². The van der Waals surface area contributed by atoms with Crippen LogP contribution in [0, 0.1) is 0 Å². The lowest BCUT2D eigenvalue weighted by Gasteiger charge is -2.25. The van der Waals surface area contributed by atoms with Gasteiger partial charge in [-0.15, -0.1) is 10.2 Å². The molecule has 152 valence electrons. The number of rotatable bonds is 7. The van der Waals surface area contributed by atoms with Gasteiger partial charge in [0.05, 0.1) is 10.6 Å². The van der Waals surface area contributed by atoms with Gasteiger partial charge < -0.3 is 0 Å². The number of nitrogens with zero attached hydrogens (tertiary/aromatic N) is 2. The van der Waals surface area contributed by atoms with E-state index in [9.17, 15) is 13.2 Å². The number of halogens is 1. The number of carbonyl (C=O) groups excluding carboxylic acids is 1. The fourth-order valence-corrected chi connectivity index (χ4v) is 5.26. The highest BCUT2D eigenvalue weighted by molar-refractivity contribution is 7.91. The third-order valence-electron chi connectivity index (χ3n) is 3.87. The molecule has 0 spiro atoms. The summed E-state index contributed by atoms with van der Waals surface area (Å²) >= 11 is 6.77. The zero-order chi connectivity index (χ0) is 21.1. The van der Waals surface area contributed by atoms with Gasteiger partial charge in [-0.1, -0.05) is 65.4 Å². The van der Waals surface area contributed by atoms with E-state index in [0.717, 1.165) is 16.9 Å². The van der Waals surface area contributed by atoms with Gasteiger partial charge in [-0.05, 0) is 38.0 Å². The summed E-state index contributed by atoms with van der Waals surface area (Å²) in [5.74, 6) is -0.493. The van der Waals surface area contributed by atoms with Crippen LogP contribution in [0.4, 0.5) is 5.13 Å². The van der Waals surface area contributed by atoms with Gasteiger partial charge >= 0.3 is 0 Å². The molecular weight excluding hydrogens is 432 g/mol. The minimum atomic E-state index is -3.91. The summed E-state index contributed by atoms with van der Waals surface area (Å²) < 4.78 is 27.9. The SMILES string of the molecule is CC(C)(Cc1ccccc1)NS(=O)(=O)c1nnc(NC(=O)c2ccccc2Cl)s1. The van der Waals surface area contributed by atoms with Crippen molar-refractivity contribution in [3.05, 3.63) is 70.7 Å². The molecule has 29 heavy (non-hydrogen) atoms. The van der Waals surface area contributed by atoms with Crippen molar-refractivity contribution in [1.29, 1.82) is 0 Å². The molecule has 0 aliphatic rings. The number of hydrogen-bond donors (Lipinski definition) is 2. The second-order valence-electron chi connectivity index (χ2n) is 6.96. The Morgan fingerprint density at radius 1 is 1.07 bits per heavy atom. The third-order valence-corrected chi connectivity index (χ3v) is 7.11. The molecule has 0 saturated carbocycles. The van der Waals surface area contributed by atoms with Crippen molar-refractivity contribution >= 4 is 44.0 Å². The van der Waals surface area contributed by atoms with Gasteiger partial charge in [0.15, 0.2) is 0 Å². The van der Waals surface area contributed by atoms with Crippen molar-refractivity contribution in [1.82, 2.24) is 14.9 Å². The molecule has 0 atom stereocenters. The van der Waals surface area contributed by atoms with Crippen molar-refractivity contribution in [2.24, 2.45) is 0 Å². The number of aromatic nitrogens is 2. The minimum Gasteiger partial charge on any atom is -0.296 e. The van der Waals surface area contributed by atoms with Crippen LogP contribution in [0.3, 0.4) is 0 Å². The first-order chi connectivity index (χ1) is 13.7. The summed E-state index contributed by atoms with van der Waals surface area (Å²) in [5, 5.41) is 10.4. The topological polar surface area (TPSA) is 101 Å². The third kappa shape index (κ3) is 5.60. The highest BCUT2D eigenvalue weighted by Gasteiger charge is 2.29. The van der Waals surface area contributed by atoms with Gasteiger partial charge in [-0.25, -0.2) is 13.1 Å². The molecule has 3 aromatic rings. The normalized spacial score (nSPS) is 12.0. The predicted molar refractivity (Wildman–Crippen MR) is 114 cm³/mol. The average Bonchev–Trinajstić information content (AvgIpc) is 3.11. The molecule has 0 unspecified atom stereocenters. The van der Waals surface area contributed by atoms with Crippen molar-refractivity contribution < 1.29 is 13.2 Å². The Bertz CT molecular complexity index is 1120. The lowest BCUT2D eigenvalue weighted by atomic mass is 9.96. The molecule has 0 saturated heterocycles. The molecular formula is C19H19ClN4O3S2. The molecule has 0 fully saturated rings. The number of benzene rings is 2. The predicted octanol–water partition coefficient (Wildman–Crippen LogP) is 3.74. The summed E-state index contributed by atoms with van der Waals surface area (Å²) in [4.78, 5) is 12.3. The van der Waals surface area contributed by atoms with E-state index in [4.69, 9.17) is 11.6 Å². The number of amides is 1.